The summed E-state index contributed by atoms with van der Waals surface area (Å²) in [6, 6.07) is 10.1. The number of hydrogen-bond donors (Lipinski definition) is 1. The number of aliphatic hydroxyl groups excluding tert-OH is 1. The van der Waals surface area contributed by atoms with Gasteiger partial charge in [0.25, 0.3) is 5.91 Å². The molecule has 22 heavy (non-hydrogen) atoms. The van der Waals surface area contributed by atoms with Gasteiger partial charge in [0.05, 0.1) is 0 Å². The molecular weight excluding hydrogens is 280 g/mol. The molecule has 0 saturated carbocycles. The number of rotatable bonds is 6. The predicted molar refractivity (Wildman–Crippen MR) is 82.3 cm³/mol. The van der Waals surface area contributed by atoms with Crippen molar-refractivity contribution in [3.63, 3.8) is 0 Å². The zero-order chi connectivity index (χ0) is 15.5. The Morgan fingerprint density at radius 2 is 2.05 bits per heavy atom. The Morgan fingerprint density at radius 1 is 1.27 bits per heavy atom. The van der Waals surface area contributed by atoms with Crippen molar-refractivity contribution in [2.75, 3.05) is 19.6 Å². The van der Waals surface area contributed by atoms with E-state index >= 15 is 0 Å². The number of likely N-dealkylation sites (tertiary alicyclic amines) is 2. The Labute approximate surface area is 130 Å². The molecule has 0 radical (unpaired) electrons. The number of amides is 1. The van der Waals surface area contributed by atoms with Gasteiger partial charge in [-0.1, -0.05) is 30.3 Å². The first kappa shape index (κ1) is 15.2. The van der Waals surface area contributed by atoms with E-state index in [9.17, 15) is 14.7 Å². The highest BCUT2D eigenvalue weighted by molar-refractivity contribution is 5.82. The average molecular weight is 302 g/mol. The van der Waals surface area contributed by atoms with Crippen molar-refractivity contribution >= 4 is 12.2 Å². The molecule has 0 spiro atoms. The van der Waals surface area contributed by atoms with Crippen LogP contribution >= 0.6 is 0 Å². The minimum atomic E-state index is -0.967. The van der Waals surface area contributed by atoms with Crippen molar-refractivity contribution in [1.29, 1.82) is 0 Å². The second kappa shape index (κ2) is 6.58. The number of carbonyl (C=O) groups excluding carboxylic acids is 2. The summed E-state index contributed by atoms with van der Waals surface area (Å²) in [7, 11) is 0. The van der Waals surface area contributed by atoms with E-state index in [1.165, 1.54) is 0 Å². The summed E-state index contributed by atoms with van der Waals surface area (Å²) in [5.74, 6) is -0.161. The van der Waals surface area contributed by atoms with Crippen molar-refractivity contribution in [1.82, 2.24) is 9.80 Å². The van der Waals surface area contributed by atoms with Crippen molar-refractivity contribution < 1.29 is 14.7 Å². The first-order valence-corrected chi connectivity index (χ1v) is 7.89. The van der Waals surface area contributed by atoms with Crippen LogP contribution in [0.1, 0.15) is 18.4 Å². The van der Waals surface area contributed by atoms with Crippen LogP contribution in [0.3, 0.4) is 0 Å². The summed E-state index contributed by atoms with van der Waals surface area (Å²) >= 11 is 0. The highest BCUT2D eigenvalue weighted by Gasteiger charge is 2.45. The highest BCUT2D eigenvalue weighted by atomic mass is 16.3. The van der Waals surface area contributed by atoms with E-state index in [2.05, 4.69) is 4.90 Å². The highest BCUT2D eigenvalue weighted by Crippen LogP contribution is 2.31. The number of benzene rings is 1. The lowest BCUT2D eigenvalue weighted by molar-refractivity contribution is -0.142. The van der Waals surface area contributed by atoms with E-state index in [1.807, 2.05) is 35.2 Å². The number of hydrogen-bond acceptors (Lipinski definition) is 4. The molecule has 3 atom stereocenters. The Morgan fingerprint density at radius 3 is 2.68 bits per heavy atom. The zero-order valence-electron chi connectivity index (χ0n) is 12.6. The van der Waals surface area contributed by atoms with Gasteiger partial charge in [-0.05, 0) is 12.0 Å². The lowest BCUT2D eigenvalue weighted by Gasteiger charge is -2.35. The molecule has 2 saturated heterocycles. The molecule has 0 aliphatic carbocycles. The first-order chi connectivity index (χ1) is 10.7. The van der Waals surface area contributed by atoms with E-state index in [4.69, 9.17) is 0 Å². The second-order valence-electron chi connectivity index (χ2n) is 6.19. The minimum absolute atomic E-state index is 0.161. The summed E-state index contributed by atoms with van der Waals surface area (Å²) in [5, 5.41) is 10.2. The van der Waals surface area contributed by atoms with Gasteiger partial charge in [-0.2, -0.15) is 0 Å². The summed E-state index contributed by atoms with van der Waals surface area (Å²) in [6.07, 6.45) is 1.85. The van der Waals surface area contributed by atoms with Gasteiger partial charge in [-0.15, -0.1) is 0 Å². The van der Waals surface area contributed by atoms with E-state index < -0.39 is 6.10 Å². The van der Waals surface area contributed by atoms with Crippen molar-refractivity contribution in [3.05, 3.63) is 35.9 Å². The fourth-order valence-electron chi connectivity index (χ4n) is 3.63. The second-order valence-corrected chi connectivity index (χ2v) is 6.19. The largest absolute Gasteiger partial charge is 0.383 e. The summed E-state index contributed by atoms with van der Waals surface area (Å²) in [4.78, 5) is 27.1. The molecule has 2 fully saturated rings. The third-order valence-electron chi connectivity index (χ3n) is 4.73. The molecular formula is C17H22N2O3. The number of aliphatic hydroxyl groups is 1. The Bertz CT molecular complexity index is 534. The molecule has 118 valence electrons. The first-order valence-electron chi connectivity index (χ1n) is 7.89. The zero-order valence-corrected chi connectivity index (χ0v) is 12.6. The molecule has 1 aromatic carbocycles. The minimum Gasteiger partial charge on any atom is -0.383 e. The number of nitrogens with zero attached hydrogens (tertiary/aromatic N) is 2. The van der Waals surface area contributed by atoms with Gasteiger partial charge < -0.3 is 14.8 Å². The maximum Gasteiger partial charge on any atom is 0.252 e. The Balaban J connectivity index is 1.55. The average Bonchev–Trinajstić information content (AvgIpc) is 3.13. The lowest BCUT2D eigenvalue weighted by atomic mass is 10.1. The molecule has 0 aromatic heterocycles. The molecule has 5 heteroatoms. The molecule has 2 bridgehead atoms. The summed E-state index contributed by atoms with van der Waals surface area (Å²) in [6.45, 7) is 2.27. The number of aldehydes is 1. The molecule has 5 nitrogen and oxygen atoms in total. The fraction of sp³-hybridized carbons (Fsp3) is 0.529. The van der Waals surface area contributed by atoms with Crippen LogP contribution in [-0.4, -0.2) is 64.9 Å². The topological polar surface area (TPSA) is 60.9 Å². The third-order valence-corrected chi connectivity index (χ3v) is 4.73. The van der Waals surface area contributed by atoms with E-state index in [0.29, 0.717) is 25.4 Å². The maximum absolute atomic E-state index is 12.5. The van der Waals surface area contributed by atoms with Gasteiger partial charge in [-0.3, -0.25) is 9.69 Å². The molecule has 1 N–H and O–H groups in total. The van der Waals surface area contributed by atoms with Crippen LogP contribution in [0.2, 0.25) is 0 Å². The van der Waals surface area contributed by atoms with Crippen LogP contribution in [0.4, 0.5) is 0 Å². The van der Waals surface area contributed by atoms with Gasteiger partial charge >= 0.3 is 0 Å². The van der Waals surface area contributed by atoms with Crippen LogP contribution in [-0.2, 0) is 16.0 Å². The van der Waals surface area contributed by atoms with Gasteiger partial charge in [0, 0.05) is 44.6 Å². The third kappa shape index (κ3) is 3.05. The van der Waals surface area contributed by atoms with Crippen LogP contribution in [0.15, 0.2) is 30.3 Å². The van der Waals surface area contributed by atoms with Crippen molar-refractivity contribution in [2.24, 2.45) is 0 Å². The SMILES string of the molecule is O=CCCN1C[C@@H]2CC1CN2C(=O)[C@@H](O)Cc1ccccc1. The molecule has 3 rings (SSSR count). The van der Waals surface area contributed by atoms with E-state index in [-0.39, 0.29) is 11.9 Å². The normalized spacial score (nSPS) is 25.4. The number of carbonyl (C=O) groups is 2. The molecule has 1 amide bonds. The number of piperazine rings is 1. The maximum atomic E-state index is 12.5. The summed E-state index contributed by atoms with van der Waals surface area (Å²) in [5.41, 5.74) is 0.973. The van der Waals surface area contributed by atoms with Crippen molar-refractivity contribution in [3.8, 4) is 0 Å². The van der Waals surface area contributed by atoms with E-state index in [0.717, 1.165) is 31.4 Å². The Hall–Kier alpha value is -1.72. The monoisotopic (exact) mass is 302 g/mol. The van der Waals surface area contributed by atoms with Gasteiger partial charge in [0.1, 0.15) is 12.4 Å². The molecule has 2 heterocycles. The van der Waals surface area contributed by atoms with Crippen LogP contribution in [0.5, 0.6) is 0 Å². The lowest BCUT2D eigenvalue weighted by Crippen LogP contribution is -2.52. The predicted octanol–water partition coefficient (Wildman–Crippen LogP) is 0.464. The van der Waals surface area contributed by atoms with Crippen molar-refractivity contribution in [2.45, 2.75) is 37.5 Å². The van der Waals surface area contributed by atoms with Crippen LogP contribution < -0.4 is 0 Å². The molecule has 2 aliphatic rings. The van der Waals surface area contributed by atoms with E-state index in [1.54, 1.807) is 0 Å². The molecule has 2 aliphatic heterocycles. The van der Waals surface area contributed by atoms with Gasteiger partial charge in [-0.25, -0.2) is 0 Å². The molecule has 1 unspecified atom stereocenters. The fourth-order valence-corrected chi connectivity index (χ4v) is 3.63. The van der Waals surface area contributed by atoms with Gasteiger partial charge in [0.15, 0.2) is 0 Å². The van der Waals surface area contributed by atoms with Crippen LogP contribution in [0.25, 0.3) is 0 Å². The van der Waals surface area contributed by atoms with Crippen LogP contribution in [0, 0.1) is 0 Å². The standard InChI is InChI=1S/C17H22N2O3/c20-8-4-7-18-11-15-10-14(18)12-19(15)17(22)16(21)9-13-5-2-1-3-6-13/h1-3,5-6,8,14-16,21H,4,7,9-12H2/t14?,15-,16-/m0/s1. The summed E-state index contributed by atoms with van der Waals surface area (Å²) < 4.78 is 0. The quantitative estimate of drug-likeness (QED) is 0.776. The Kier molecular flexibility index (Phi) is 4.55. The van der Waals surface area contributed by atoms with Gasteiger partial charge in [0.2, 0.25) is 0 Å². The molecule has 1 aromatic rings. The number of fused-ring (bicyclic) bond motifs is 2. The smallest absolute Gasteiger partial charge is 0.252 e.